The Kier molecular flexibility index (Phi) is 7.16. The molecule has 0 radical (unpaired) electrons. The summed E-state index contributed by atoms with van der Waals surface area (Å²) < 4.78 is 14.4. The molecule has 2 amide bonds. The molecule has 0 unspecified atom stereocenters. The summed E-state index contributed by atoms with van der Waals surface area (Å²) in [7, 11) is 4.47. The summed E-state index contributed by atoms with van der Waals surface area (Å²) >= 11 is 5.79. The van der Waals surface area contributed by atoms with E-state index in [0.29, 0.717) is 11.1 Å². The van der Waals surface area contributed by atoms with Crippen molar-refractivity contribution in [2.75, 3.05) is 20.6 Å². The molecule has 0 saturated carbocycles. The van der Waals surface area contributed by atoms with Crippen molar-refractivity contribution in [1.29, 1.82) is 0 Å². The van der Waals surface area contributed by atoms with Gasteiger partial charge in [-0.15, -0.1) is 0 Å². The van der Waals surface area contributed by atoms with Crippen molar-refractivity contribution in [3.05, 3.63) is 61.8 Å². The Morgan fingerprint density at radius 3 is 2.55 bits per heavy atom. The van der Waals surface area contributed by atoms with Crippen molar-refractivity contribution in [2.45, 2.75) is 13.0 Å². The van der Waals surface area contributed by atoms with E-state index in [4.69, 9.17) is 11.6 Å². The summed E-state index contributed by atoms with van der Waals surface area (Å²) in [6, 6.07) is 4.14. The van der Waals surface area contributed by atoms with Gasteiger partial charge in [0, 0.05) is 39.8 Å². The molecular formula is C19H20ClFN3NaO4. The van der Waals surface area contributed by atoms with E-state index in [0.717, 1.165) is 4.57 Å². The van der Waals surface area contributed by atoms with Gasteiger partial charge in [0.05, 0.1) is 10.6 Å². The van der Waals surface area contributed by atoms with Gasteiger partial charge in [-0.2, -0.15) is 0 Å². The maximum atomic E-state index is 13.4. The number of amides is 2. The molecule has 10 heteroatoms. The van der Waals surface area contributed by atoms with Gasteiger partial charge in [-0.05, 0) is 24.1 Å². The summed E-state index contributed by atoms with van der Waals surface area (Å²) in [5.74, 6) is -2.24. The fourth-order valence-electron chi connectivity index (χ4n) is 3.30. The maximum absolute atomic E-state index is 13.4. The zero-order valence-electron chi connectivity index (χ0n) is 15.6. The summed E-state index contributed by atoms with van der Waals surface area (Å²) in [5.41, 5.74) is 0.0603. The van der Waals surface area contributed by atoms with Crippen molar-refractivity contribution < 1.29 is 19.1 Å². The van der Waals surface area contributed by atoms with Gasteiger partial charge in [0.15, 0.2) is 5.75 Å². The Hall–Kier alpha value is -1.87. The first-order valence-electron chi connectivity index (χ1n) is 8.53. The van der Waals surface area contributed by atoms with Crippen molar-refractivity contribution in [1.82, 2.24) is 14.4 Å². The SMILES string of the molecule is CN(C)C(=O)c1c2c(c(O)c(=O)n1C)C(=O)N(Cc1ccc(F)c(Cl)c1)CC2.[NaH]. The van der Waals surface area contributed by atoms with Gasteiger partial charge in [0.2, 0.25) is 0 Å². The summed E-state index contributed by atoms with van der Waals surface area (Å²) in [4.78, 5) is 40.7. The van der Waals surface area contributed by atoms with Gasteiger partial charge in [0.1, 0.15) is 11.5 Å². The van der Waals surface area contributed by atoms with Crippen LogP contribution in [0.5, 0.6) is 5.75 Å². The fourth-order valence-corrected chi connectivity index (χ4v) is 3.51. The second-order valence-corrected chi connectivity index (χ2v) is 7.25. The van der Waals surface area contributed by atoms with Crippen molar-refractivity contribution in [2.24, 2.45) is 7.05 Å². The van der Waals surface area contributed by atoms with Crippen LogP contribution in [0.1, 0.15) is 32.0 Å². The van der Waals surface area contributed by atoms with Crippen LogP contribution in [-0.2, 0) is 20.0 Å². The summed E-state index contributed by atoms with van der Waals surface area (Å²) in [5, 5.41) is 10.3. The zero-order chi connectivity index (χ0) is 20.7. The molecule has 1 aromatic carbocycles. The molecule has 0 bridgehead atoms. The van der Waals surface area contributed by atoms with Crippen LogP contribution < -0.4 is 5.56 Å². The Morgan fingerprint density at radius 2 is 1.97 bits per heavy atom. The number of hydrogen-bond acceptors (Lipinski definition) is 4. The zero-order valence-corrected chi connectivity index (χ0v) is 16.4. The number of benzene rings is 1. The fraction of sp³-hybridized carbons (Fsp3) is 0.316. The Morgan fingerprint density at radius 1 is 1.31 bits per heavy atom. The van der Waals surface area contributed by atoms with Crippen LogP contribution in [0, 0.1) is 5.82 Å². The molecule has 3 rings (SSSR count). The van der Waals surface area contributed by atoms with E-state index in [1.165, 1.54) is 35.0 Å². The molecule has 1 aliphatic rings. The number of aromatic hydroxyl groups is 1. The van der Waals surface area contributed by atoms with Crippen LogP contribution in [0.25, 0.3) is 0 Å². The van der Waals surface area contributed by atoms with Crippen LogP contribution in [0.2, 0.25) is 5.02 Å². The number of fused-ring (bicyclic) bond motifs is 1. The average Bonchev–Trinajstić information content (AvgIpc) is 2.64. The molecule has 0 aliphatic carbocycles. The topological polar surface area (TPSA) is 82.9 Å². The van der Waals surface area contributed by atoms with Gasteiger partial charge in [-0.25, -0.2) is 4.39 Å². The van der Waals surface area contributed by atoms with Crippen LogP contribution in [0.3, 0.4) is 0 Å². The minimum atomic E-state index is -0.816. The molecule has 2 aromatic rings. The first-order chi connectivity index (χ1) is 13.1. The van der Waals surface area contributed by atoms with E-state index in [1.807, 2.05) is 0 Å². The van der Waals surface area contributed by atoms with E-state index < -0.39 is 28.9 Å². The quantitative estimate of drug-likeness (QED) is 0.739. The summed E-state index contributed by atoms with van der Waals surface area (Å²) in [6.45, 7) is 0.399. The molecule has 0 saturated heterocycles. The van der Waals surface area contributed by atoms with Gasteiger partial charge < -0.3 is 19.5 Å². The van der Waals surface area contributed by atoms with Crippen molar-refractivity contribution in [3.63, 3.8) is 0 Å². The number of carbonyl (C=O) groups excluding carboxylic acids is 2. The monoisotopic (exact) mass is 431 g/mol. The molecule has 2 heterocycles. The number of pyridine rings is 1. The first kappa shape index (κ1) is 23.4. The van der Waals surface area contributed by atoms with Crippen molar-refractivity contribution >= 4 is 53.0 Å². The van der Waals surface area contributed by atoms with Crippen LogP contribution in [-0.4, -0.2) is 81.5 Å². The second-order valence-electron chi connectivity index (χ2n) is 6.84. The van der Waals surface area contributed by atoms with E-state index in [-0.39, 0.29) is 65.3 Å². The molecule has 29 heavy (non-hydrogen) atoms. The Labute approximate surface area is 194 Å². The van der Waals surface area contributed by atoms with E-state index >= 15 is 0 Å². The van der Waals surface area contributed by atoms with E-state index in [9.17, 15) is 23.9 Å². The number of aromatic nitrogens is 1. The normalized spacial score (nSPS) is 13.0. The third-order valence-corrected chi connectivity index (χ3v) is 5.06. The molecule has 0 atom stereocenters. The summed E-state index contributed by atoms with van der Waals surface area (Å²) in [6.07, 6.45) is 0.284. The number of carbonyl (C=O) groups is 2. The number of rotatable bonds is 3. The Balaban J connectivity index is 0.00000300. The molecular weight excluding hydrogens is 412 g/mol. The van der Waals surface area contributed by atoms with Crippen molar-refractivity contribution in [3.8, 4) is 5.75 Å². The third-order valence-electron chi connectivity index (χ3n) is 4.77. The average molecular weight is 432 g/mol. The third kappa shape index (κ3) is 4.21. The molecule has 1 aromatic heterocycles. The van der Waals surface area contributed by atoms with E-state index in [1.54, 1.807) is 14.1 Å². The molecule has 1 N–H and O–H groups in total. The molecule has 150 valence electrons. The standard InChI is InChI=1S/C19H19ClFN3O4.Na.H/c1-22(2)18(27)15-11-6-7-24(9-10-4-5-13(21)12(20)8-10)17(26)14(11)16(25)19(28)23(15)3;;/h4-5,8,25H,6-7,9H2,1-3H3;;. The van der Waals surface area contributed by atoms with Crippen LogP contribution in [0.4, 0.5) is 4.39 Å². The molecule has 7 nitrogen and oxygen atoms in total. The van der Waals surface area contributed by atoms with Gasteiger partial charge >= 0.3 is 29.6 Å². The molecule has 0 spiro atoms. The van der Waals surface area contributed by atoms with E-state index in [2.05, 4.69) is 0 Å². The second kappa shape index (κ2) is 8.87. The number of hydrogen-bond donors (Lipinski definition) is 1. The predicted molar refractivity (Wildman–Crippen MR) is 108 cm³/mol. The van der Waals surface area contributed by atoms with Crippen LogP contribution >= 0.6 is 11.6 Å². The predicted octanol–water partition coefficient (Wildman–Crippen LogP) is 1.14. The number of nitrogens with zero attached hydrogens (tertiary/aromatic N) is 3. The molecule has 0 fully saturated rings. The first-order valence-corrected chi connectivity index (χ1v) is 8.91. The number of halogens is 2. The van der Waals surface area contributed by atoms with Gasteiger partial charge in [-0.3, -0.25) is 14.4 Å². The van der Waals surface area contributed by atoms with Gasteiger partial charge in [0.25, 0.3) is 17.4 Å². The Bertz CT molecular complexity index is 1050. The minimum absolute atomic E-state index is 0. The van der Waals surface area contributed by atoms with Crippen LogP contribution in [0.15, 0.2) is 23.0 Å². The molecule has 1 aliphatic heterocycles. The van der Waals surface area contributed by atoms with Gasteiger partial charge in [-0.1, -0.05) is 17.7 Å².